The van der Waals surface area contributed by atoms with Crippen LogP contribution in [0.1, 0.15) is 53.3 Å². The Kier molecular flexibility index (Phi) is 6.93. The molecular weight excluding hydrogens is 448 g/mol. The molecule has 182 valence electrons. The van der Waals surface area contributed by atoms with E-state index in [1.165, 1.54) is 16.0 Å². The quantitative estimate of drug-likeness (QED) is 0.563. The van der Waals surface area contributed by atoms with Crippen LogP contribution in [0.4, 0.5) is 0 Å². The molecule has 3 heterocycles. The van der Waals surface area contributed by atoms with Crippen molar-refractivity contribution in [3.05, 3.63) is 51.2 Å². The van der Waals surface area contributed by atoms with E-state index in [2.05, 4.69) is 37.4 Å². The largest absolute Gasteiger partial charge is 0.491 e. The zero-order valence-corrected chi connectivity index (χ0v) is 20.9. The number of aryl methyl sites for hydroxylation is 2. The third kappa shape index (κ3) is 5.15. The van der Waals surface area contributed by atoms with Crippen LogP contribution in [0.3, 0.4) is 0 Å². The van der Waals surface area contributed by atoms with Gasteiger partial charge in [0.15, 0.2) is 0 Å². The fourth-order valence-corrected chi connectivity index (χ4v) is 6.04. The molecule has 3 aliphatic rings. The second-order valence-electron chi connectivity index (χ2n) is 9.86. The number of hydrogen-bond acceptors (Lipinski definition) is 5. The first-order valence-corrected chi connectivity index (χ1v) is 13.3. The number of benzene rings is 1. The zero-order chi connectivity index (χ0) is 23.7. The van der Waals surface area contributed by atoms with Crippen LogP contribution in [0.15, 0.2) is 29.6 Å². The first kappa shape index (κ1) is 23.4. The maximum Gasteiger partial charge on any atom is 0.242 e. The predicted octanol–water partition coefficient (Wildman–Crippen LogP) is 4.29. The molecule has 5 rings (SSSR count). The molecule has 0 bridgehead atoms. The van der Waals surface area contributed by atoms with Gasteiger partial charge in [0, 0.05) is 30.5 Å². The molecule has 0 unspecified atom stereocenters. The summed E-state index contributed by atoms with van der Waals surface area (Å²) in [5.41, 5.74) is 3.47. The number of fused-ring (bicyclic) bond motifs is 1. The lowest BCUT2D eigenvalue weighted by Crippen LogP contribution is -2.49. The third-order valence-corrected chi connectivity index (χ3v) is 8.15. The second-order valence-corrected chi connectivity index (χ2v) is 10.9. The van der Waals surface area contributed by atoms with E-state index in [1.807, 2.05) is 11.0 Å². The molecule has 7 heteroatoms. The van der Waals surface area contributed by atoms with E-state index in [4.69, 9.17) is 9.47 Å². The van der Waals surface area contributed by atoms with Crippen LogP contribution in [0, 0.1) is 19.8 Å². The van der Waals surface area contributed by atoms with Crippen molar-refractivity contribution in [3.8, 4) is 5.75 Å². The van der Waals surface area contributed by atoms with E-state index in [9.17, 15) is 9.59 Å². The van der Waals surface area contributed by atoms with Gasteiger partial charge >= 0.3 is 0 Å². The normalized spacial score (nSPS) is 21.9. The molecule has 34 heavy (non-hydrogen) atoms. The molecule has 0 radical (unpaired) electrons. The summed E-state index contributed by atoms with van der Waals surface area (Å²) in [5.74, 6) is 1.05. The maximum atomic E-state index is 13.6. The number of ether oxygens (including phenoxy) is 2. The molecular formula is C27H34N2O4S. The molecule has 1 saturated carbocycles. The van der Waals surface area contributed by atoms with Crippen molar-refractivity contribution in [2.45, 2.75) is 58.1 Å². The lowest BCUT2D eigenvalue weighted by Gasteiger charge is -2.37. The predicted molar refractivity (Wildman–Crippen MR) is 132 cm³/mol. The lowest BCUT2D eigenvalue weighted by atomic mass is 10.00. The van der Waals surface area contributed by atoms with Crippen molar-refractivity contribution in [2.75, 3.05) is 32.8 Å². The molecule has 6 nitrogen and oxygen atoms in total. The van der Waals surface area contributed by atoms with Crippen LogP contribution in [0.25, 0.3) is 0 Å². The number of rotatable bonds is 8. The Morgan fingerprint density at radius 2 is 2.06 bits per heavy atom. The van der Waals surface area contributed by atoms with Gasteiger partial charge in [0.25, 0.3) is 0 Å². The molecule has 2 amide bonds. The van der Waals surface area contributed by atoms with Gasteiger partial charge in [0.1, 0.15) is 12.4 Å². The van der Waals surface area contributed by atoms with Gasteiger partial charge in [-0.15, -0.1) is 11.3 Å². The van der Waals surface area contributed by atoms with E-state index < -0.39 is 0 Å². The van der Waals surface area contributed by atoms with Crippen molar-refractivity contribution in [1.82, 2.24) is 9.80 Å². The van der Waals surface area contributed by atoms with Crippen molar-refractivity contribution in [2.24, 2.45) is 5.92 Å². The summed E-state index contributed by atoms with van der Waals surface area (Å²) in [6.07, 6.45) is 4.74. The number of nitrogens with zero attached hydrogens (tertiary/aromatic N) is 2. The molecule has 1 saturated heterocycles. The standard InChI is InChI=1S/C27H34N2O4S/c1-18-5-8-24(19(2)14-18)33-17-23-22-10-13-34-25(22)9-11-29(23)26(30)16-28(27(31)20-6-7-20)15-21-4-3-12-32-21/h5,8,10,13-14,20-21,23H,3-4,6-7,9,11-12,15-17H2,1-2H3/t21-,23+/m1/s1. The number of carbonyl (C=O) groups excluding carboxylic acids is 2. The molecule has 2 atom stereocenters. The van der Waals surface area contributed by atoms with Crippen LogP contribution >= 0.6 is 11.3 Å². The van der Waals surface area contributed by atoms with Crippen LogP contribution in [-0.4, -0.2) is 60.6 Å². The highest BCUT2D eigenvalue weighted by Crippen LogP contribution is 2.35. The monoisotopic (exact) mass is 482 g/mol. The summed E-state index contributed by atoms with van der Waals surface area (Å²) in [5, 5.41) is 2.10. The highest BCUT2D eigenvalue weighted by Gasteiger charge is 2.38. The van der Waals surface area contributed by atoms with E-state index in [-0.39, 0.29) is 36.4 Å². The Morgan fingerprint density at radius 3 is 2.79 bits per heavy atom. The second kappa shape index (κ2) is 10.1. The van der Waals surface area contributed by atoms with Gasteiger partial charge in [-0.05, 0) is 74.6 Å². The van der Waals surface area contributed by atoms with Gasteiger partial charge < -0.3 is 19.3 Å². The average molecular weight is 483 g/mol. The van der Waals surface area contributed by atoms with Crippen LogP contribution in [-0.2, 0) is 20.7 Å². The number of amides is 2. The summed E-state index contributed by atoms with van der Waals surface area (Å²) >= 11 is 1.75. The van der Waals surface area contributed by atoms with Gasteiger partial charge in [0.2, 0.25) is 11.8 Å². The Bertz CT molecular complexity index is 1040. The lowest BCUT2D eigenvalue weighted by molar-refractivity contribution is -0.144. The fourth-order valence-electron chi connectivity index (χ4n) is 5.11. The van der Waals surface area contributed by atoms with Gasteiger partial charge in [-0.1, -0.05) is 17.7 Å². The molecule has 0 spiro atoms. The Morgan fingerprint density at radius 1 is 1.21 bits per heavy atom. The van der Waals surface area contributed by atoms with E-state index in [0.29, 0.717) is 19.7 Å². The van der Waals surface area contributed by atoms with Crippen molar-refractivity contribution in [1.29, 1.82) is 0 Å². The van der Waals surface area contributed by atoms with Gasteiger partial charge in [-0.3, -0.25) is 9.59 Å². The van der Waals surface area contributed by atoms with Gasteiger partial charge in [0.05, 0.1) is 18.7 Å². The van der Waals surface area contributed by atoms with Crippen LogP contribution in [0.5, 0.6) is 5.75 Å². The van der Waals surface area contributed by atoms with Crippen molar-refractivity contribution >= 4 is 23.2 Å². The average Bonchev–Trinajstić information content (AvgIpc) is 3.32. The van der Waals surface area contributed by atoms with E-state index >= 15 is 0 Å². The summed E-state index contributed by atoms with van der Waals surface area (Å²) in [4.78, 5) is 31.7. The molecule has 1 aromatic heterocycles. The highest BCUT2D eigenvalue weighted by atomic mass is 32.1. The minimum absolute atomic E-state index is 0.00178. The fraction of sp³-hybridized carbons (Fsp3) is 0.556. The molecule has 2 aromatic rings. The van der Waals surface area contributed by atoms with Crippen molar-refractivity contribution in [3.63, 3.8) is 0 Å². The third-order valence-electron chi connectivity index (χ3n) is 7.15. The van der Waals surface area contributed by atoms with Crippen LogP contribution in [0.2, 0.25) is 0 Å². The topological polar surface area (TPSA) is 59.1 Å². The SMILES string of the molecule is Cc1ccc(OC[C@H]2c3ccsc3CCN2C(=O)CN(C[C@H]2CCCO2)C(=O)C2CC2)c(C)c1. The number of carbonyl (C=O) groups is 2. The Balaban J connectivity index is 1.32. The number of hydrogen-bond donors (Lipinski definition) is 0. The van der Waals surface area contributed by atoms with E-state index in [1.54, 1.807) is 16.2 Å². The number of thiophene rings is 1. The first-order chi connectivity index (χ1) is 16.5. The summed E-state index contributed by atoms with van der Waals surface area (Å²) in [6, 6.07) is 8.14. The Hall–Kier alpha value is -2.38. The molecule has 0 N–H and O–H groups in total. The molecule has 1 aliphatic carbocycles. The molecule has 2 fully saturated rings. The van der Waals surface area contributed by atoms with Gasteiger partial charge in [-0.2, -0.15) is 0 Å². The molecule has 1 aromatic carbocycles. The summed E-state index contributed by atoms with van der Waals surface area (Å²) in [7, 11) is 0. The first-order valence-electron chi connectivity index (χ1n) is 12.5. The maximum absolute atomic E-state index is 13.6. The summed E-state index contributed by atoms with van der Waals surface area (Å²) < 4.78 is 12.0. The van der Waals surface area contributed by atoms with E-state index in [0.717, 1.165) is 50.0 Å². The smallest absolute Gasteiger partial charge is 0.242 e. The minimum atomic E-state index is -0.149. The minimum Gasteiger partial charge on any atom is -0.491 e. The molecule has 2 aliphatic heterocycles. The van der Waals surface area contributed by atoms with Crippen LogP contribution < -0.4 is 4.74 Å². The Labute approximate surface area is 205 Å². The summed E-state index contributed by atoms with van der Waals surface area (Å²) in [6.45, 7) is 6.56. The van der Waals surface area contributed by atoms with Gasteiger partial charge in [-0.25, -0.2) is 0 Å². The highest BCUT2D eigenvalue weighted by molar-refractivity contribution is 7.10. The zero-order valence-electron chi connectivity index (χ0n) is 20.1. The van der Waals surface area contributed by atoms with Crippen molar-refractivity contribution < 1.29 is 19.1 Å².